The number of carbonyl (C=O) groups is 2. The molecule has 4 aliphatic carbocycles. The van der Waals surface area contributed by atoms with E-state index in [1.54, 1.807) is 0 Å². The van der Waals surface area contributed by atoms with Crippen molar-refractivity contribution in [1.29, 1.82) is 0 Å². The van der Waals surface area contributed by atoms with Gasteiger partial charge in [-0.25, -0.2) is 0 Å². The fourth-order valence-corrected chi connectivity index (χ4v) is 8.67. The molecule has 0 unspecified atom stereocenters. The standard InChI is InChI=1S/C27H40O4/c1-7-22(28)30-24(4)16-18-10-11-19-20(25(18,5)17-24)12-14-26(6)21(19)13-15-27(26,9-3)31-23(29)8-2/h3,18-21H,7-8,10-17H2,1-2,4-6H3/t18-,19+,20-,21-,24+,25-,26-,27-/m0/s1. The number of carbonyl (C=O) groups excluding carboxylic acids is 2. The first-order chi connectivity index (χ1) is 14.6. The van der Waals surface area contributed by atoms with Crippen molar-refractivity contribution in [3.63, 3.8) is 0 Å². The van der Waals surface area contributed by atoms with Crippen molar-refractivity contribution in [1.82, 2.24) is 0 Å². The molecule has 0 heterocycles. The van der Waals surface area contributed by atoms with Crippen molar-refractivity contribution in [3.8, 4) is 12.3 Å². The average molecular weight is 429 g/mol. The molecule has 0 radical (unpaired) electrons. The van der Waals surface area contributed by atoms with Gasteiger partial charge in [0.25, 0.3) is 0 Å². The number of terminal acetylenes is 1. The summed E-state index contributed by atoms with van der Waals surface area (Å²) in [6.07, 6.45) is 15.2. The van der Waals surface area contributed by atoms with E-state index < -0.39 is 5.60 Å². The Morgan fingerprint density at radius 2 is 1.58 bits per heavy atom. The molecule has 0 aliphatic heterocycles. The van der Waals surface area contributed by atoms with Gasteiger partial charge >= 0.3 is 11.9 Å². The van der Waals surface area contributed by atoms with E-state index >= 15 is 0 Å². The third-order valence-electron chi connectivity index (χ3n) is 10.1. The highest BCUT2D eigenvalue weighted by Crippen LogP contribution is 2.70. The van der Waals surface area contributed by atoms with E-state index in [1.165, 1.54) is 12.8 Å². The van der Waals surface area contributed by atoms with Crippen molar-refractivity contribution in [2.24, 2.45) is 34.5 Å². The second-order valence-corrected chi connectivity index (χ2v) is 11.6. The zero-order valence-corrected chi connectivity index (χ0v) is 20.1. The molecule has 172 valence electrons. The normalized spacial score (nSPS) is 48.1. The molecule has 4 rings (SSSR count). The fraction of sp³-hybridized carbons (Fsp3) is 0.852. The number of hydrogen-bond donors (Lipinski definition) is 0. The first-order valence-corrected chi connectivity index (χ1v) is 12.5. The summed E-state index contributed by atoms with van der Waals surface area (Å²) in [5.74, 6) is 5.06. The Morgan fingerprint density at radius 3 is 2.23 bits per heavy atom. The van der Waals surface area contributed by atoms with Gasteiger partial charge < -0.3 is 9.47 Å². The van der Waals surface area contributed by atoms with Crippen molar-refractivity contribution in [2.45, 2.75) is 110 Å². The Labute approximate surface area is 188 Å². The van der Waals surface area contributed by atoms with E-state index in [4.69, 9.17) is 15.9 Å². The monoisotopic (exact) mass is 428 g/mol. The molecule has 0 amide bonds. The average Bonchev–Trinajstić information content (AvgIpc) is 3.17. The lowest BCUT2D eigenvalue weighted by molar-refractivity contribution is -0.174. The Bertz CT molecular complexity index is 798. The van der Waals surface area contributed by atoms with Gasteiger partial charge in [0.2, 0.25) is 0 Å². The summed E-state index contributed by atoms with van der Waals surface area (Å²) in [6, 6.07) is 0. The predicted molar refractivity (Wildman–Crippen MR) is 120 cm³/mol. The summed E-state index contributed by atoms with van der Waals surface area (Å²) in [5, 5.41) is 0. The molecular formula is C27H40O4. The Balaban J connectivity index is 1.60. The lowest BCUT2D eigenvalue weighted by Gasteiger charge is -2.58. The summed E-state index contributed by atoms with van der Waals surface area (Å²) in [7, 11) is 0. The van der Waals surface area contributed by atoms with Crippen LogP contribution in [0.3, 0.4) is 0 Å². The second-order valence-electron chi connectivity index (χ2n) is 11.6. The van der Waals surface area contributed by atoms with Gasteiger partial charge in [-0.15, -0.1) is 6.42 Å². The molecule has 0 aromatic rings. The molecule has 4 fully saturated rings. The van der Waals surface area contributed by atoms with Crippen molar-refractivity contribution in [3.05, 3.63) is 0 Å². The van der Waals surface area contributed by atoms with Crippen LogP contribution in [0.1, 0.15) is 98.8 Å². The summed E-state index contributed by atoms with van der Waals surface area (Å²) >= 11 is 0. The molecule has 0 spiro atoms. The number of esters is 2. The van der Waals surface area contributed by atoms with Crippen LogP contribution in [0.15, 0.2) is 0 Å². The molecule has 4 nitrogen and oxygen atoms in total. The first-order valence-electron chi connectivity index (χ1n) is 12.5. The van der Waals surface area contributed by atoms with Gasteiger partial charge in [0.05, 0.1) is 0 Å². The van der Waals surface area contributed by atoms with Crippen LogP contribution in [0, 0.1) is 46.8 Å². The third kappa shape index (κ3) is 3.25. The molecule has 0 aromatic carbocycles. The highest BCUT2D eigenvalue weighted by molar-refractivity contribution is 5.70. The van der Waals surface area contributed by atoms with Crippen molar-refractivity contribution in [2.75, 3.05) is 0 Å². The van der Waals surface area contributed by atoms with Gasteiger partial charge in [-0.3, -0.25) is 9.59 Å². The maximum atomic E-state index is 12.3. The first kappa shape index (κ1) is 22.7. The number of rotatable bonds is 4. The van der Waals surface area contributed by atoms with Gasteiger partial charge in [0.1, 0.15) is 5.60 Å². The topological polar surface area (TPSA) is 52.6 Å². The third-order valence-corrected chi connectivity index (χ3v) is 10.1. The van der Waals surface area contributed by atoms with Crippen LogP contribution < -0.4 is 0 Å². The van der Waals surface area contributed by atoms with E-state index in [2.05, 4.69) is 26.7 Å². The molecular weight excluding hydrogens is 388 g/mol. The Morgan fingerprint density at radius 1 is 0.935 bits per heavy atom. The van der Waals surface area contributed by atoms with E-state index in [-0.39, 0.29) is 28.4 Å². The lowest BCUT2D eigenvalue weighted by atomic mass is 9.47. The summed E-state index contributed by atoms with van der Waals surface area (Å²) in [6.45, 7) is 10.6. The molecule has 0 N–H and O–H groups in total. The highest BCUT2D eigenvalue weighted by Gasteiger charge is 2.68. The molecule has 0 aromatic heterocycles. The van der Waals surface area contributed by atoms with Crippen LogP contribution in [-0.2, 0) is 19.1 Å². The van der Waals surface area contributed by atoms with Gasteiger partial charge in [0, 0.05) is 18.3 Å². The molecule has 0 bridgehead atoms. The lowest BCUT2D eigenvalue weighted by Crippen LogP contribution is -2.55. The second kappa shape index (κ2) is 7.53. The highest BCUT2D eigenvalue weighted by atomic mass is 16.6. The van der Waals surface area contributed by atoms with Crippen LogP contribution in [-0.4, -0.2) is 23.1 Å². The maximum Gasteiger partial charge on any atom is 0.307 e. The molecule has 4 aliphatic rings. The van der Waals surface area contributed by atoms with Gasteiger partial charge in [-0.2, -0.15) is 0 Å². The zero-order valence-electron chi connectivity index (χ0n) is 20.1. The van der Waals surface area contributed by atoms with E-state index in [1.807, 2.05) is 13.8 Å². The minimum Gasteiger partial charge on any atom is -0.459 e. The smallest absolute Gasteiger partial charge is 0.307 e. The largest absolute Gasteiger partial charge is 0.459 e. The van der Waals surface area contributed by atoms with Crippen LogP contribution in [0.5, 0.6) is 0 Å². The minimum atomic E-state index is -0.756. The number of ether oxygens (including phenoxy) is 2. The molecule has 4 saturated carbocycles. The summed E-state index contributed by atoms with van der Waals surface area (Å²) in [4.78, 5) is 24.3. The van der Waals surface area contributed by atoms with Crippen LogP contribution >= 0.6 is 0 Å². The molecule has 8 atom stereocenters. The van der Waals surface area contributed by atoms with Crippen LogP contribution in [0.25, 0.3) is 0 Å². The van der Waals surface area contributed by atoms with Gasteiger partial charge in [-0.05, 0) is 87.4 Å². The zero-order chi connectivity index (χ0) is 22.7. The minimum absolute atomic E-state index is 0.0788. The number of hydrogen-bond acceptors (Lipinski definition) is 4. The van der Waals surface area contributed by atoms with Crippen molar-refractivity contribution >= 4 is 11.9 Å². The van der Waals surface area contributed by atoms with Crippen molar-refractivity contribution < 1.29 is 19.1 Å². The summed E-state index contributed by atoms with van der Waals surface area (Å²) < 4.78 is 12.0. The maximum absolute atomic E-state index is 12.3. The van der Waals surface area contributed by atoms with Gasteiger partial charge in [0.15, 0.2) is 5.60 Å². The molecule has 0 saturated heterocycles. The van der Waals surface area contributed by atoms with E-state index in [9.17, 15) is 9.59 Å². The molecule has 31 heavy (non-hydrogen) atoms. The fourth-order valence-electron chi connectivity index (χ4n) is 8.67. The van der Waals surface area contributed by atoms with E-state index in [0.29, 0.717) is 36.5 Å². The Hall–Kier alpha value is -1.50. The van der Waals surface area contributed by atoms with Crippen LogP contribution in [0.4, 0.5) is 0 Å². The SMILES string of the molecule is C#C[C@]1(OC(=O)CC)CC[C@H]2[C@@H]3CC[C@H]4C[C@@](C)(OC(=O)CC)C[C@]4(C)[C@H]3CC[C@@]21C. The quantitative estimate of drug-likeness (QED) is 0.427. The van der Waals surface area contributed by atoms with E-state index in [0.717, 1.165) is 38.5 Å². The number of fused-ring (bicyclic) bond motifs is 5. The van der Waals surface area contributed by atoms with Gasteiger partial charge in [-0.1, -0.05) is 33.6 Å². The van der Waals surface area contributed by atoms with Crippen LogP contribution in [0.2, 0.25) is 0 Å². The molecule has 4 heteroatoms. The predicted octanol–water partition coefficient (Wildman–Crippen LogP) is 5.68. The summed E-state index contributed by atoms with van der Waals surface area (Å²) in [5.41, 5.74) is -1.03. The Kier molecular flexibility index (Phi) is 5.51.